The third-order valence-corrected chi connectivity index (χ3v) is 7.40. The summed E-state index contributed by atoms with van der Waals surface area (Å²) in [6, 6.07) is 7.59. The van der Waals surface area contributed by atoms with Crippen molar-refractivity contribution in [2.75, 3.05) is 19.7 Å². The van der Waals surface area contributed by atoms with E-state index >= 15 is 0 Å². The first-order valence-electron chi connectivity index (χ1n) is 10.4. The molecule has 0 aliphatic carbocycles. The van der Waals surface area contributed by atoms with Crippen molar-refractivity contribution >= 4 is 15.9 Å². The van der Waals surface area contributed by atoms with Crippen molar-refractivity contribution in [1.29, 1.82) is 0 Å². The maximum atomic E-state index is 12.9. The summed E-state index contributed by atoms with van der Waals surface area (Å²) in [6.07, 6.45) is 2.00. The van der Waals surface area contributed by atoms with Crippen molar-refractivity contribution in [2.45, 2.75) is 58.0 Å². The maximum Gasteiger partial charge on any atom is 0.246 e. The molecule has 2 heterocycles. The van der Waals surface area contributed by atoms with Gasteiger partial charge in [0.25, 0.3) is 0 Å². The predicted octanol–water partition coefficient (Wildman–Crippen LogP) is 2.39. The highest BCUT2D eigenvalue weighted by Crippen LogP contribution is 2.26. The van der Waals surface area contributed by atoms with Crippen LogP contribution >= 0.6 is 0 Å². The van der Waals surface area contributed by atoms with E-state index < -0.39 is 10.0 Å². The Morgan fingerprint density at radius 3 is 2.47 bits per heavy atom. The van der Waals surface area contributed by atoms with Crippen molar-refractivity contribution in [3.05, 3.63) is 41.2 Å². The number of hydrogen-bond acceptors (Lipinski definition) is 5. The Hall–Kier alpha value is -2.39. The lowest BCUT2D eigenvalue weighted by Crippen LogP contribution is -2.28. The van der Waals surface area contributed by atoms with Crippen LogP contribution in [0.25, 0.3) is 0 Å². The van der Waals surface area contributed by atoms with Gasteiger partial charge in [-0.3, -0.25) is 9.48 Å². The second-order valence-electron chi connectivity index (χ2n) is 7.44. The molecule has 1 saturated heterocycles. The van der Waals surface area contributed by atoms with Crippen LogP contribution in [0.15, 0.2) is 29.2 Å². The summed E-state index contributed by atoms with van der Waals surface area (Å²) < 4.78 is 34.4. The standard InChI is InChI=1S/C21H30N4O4S/c1-4-29-19-9-7-18(8-10-19)15-22-20(26)11-14-25-17(3)21(16(2)23-25)30(27,28)24-12-5-6-13-24/h7-10H,4-6,11-15H2,1-3H3,(H,22,26). The van der Waals surface area contributed by atoms with Gasteiger partial charge in [-0.15, -0.1) is 0 Å². The molecule has 8 nitrogen and oxygen atoms in total. The zero-order chi connectivity index (χ0) is 21.7. The van der Waals surface area contributed by atoms with Crippen LogP contribution in [0.5, 0.6) is 5.75 Å². The summed E-state index contributed by atoms with van der Waals surface area (Å²) in [5.41, 5.74) is 2.05. The molecule has 9 heteroatoms. The number of carbonyl (C=O) groups is 1. The number of aryl methyl sites for hydroxylation is 2. The molecule has 2 aromatic rings. The lowest BCUT2D eigenvalue weighted by molar-refractivity contribution is -0.121. The molecule has 0 radical (unpaired) electrons. The molecule has 3 rings (SSSR count). The highest BCUT2D eigenvalue weighted by Gasteiger charge is 2.32. The van der Waals surface area contributed by atoms with Gasteiger partial charge in [0, 0.05) is 26.1 Å². The van der Waals surface area contributed by atoms with Crippen LogP contribution in [-0.2, 0) is 27.9 Å². The average Bonchev–Trinajstić information content (AvgIpc) is 3.35. The fourth-order valence-electron chi connectivity index (χ4n) is 3.70. The monoisotopic (exact) mass is 434 g/mol. The lowest BCUT2D eigenvalue weighted by Gasteiger charge is -2.15. The highest BCUT2D eigenvalue weighted by molar-refractivity contribution is 7.89. The number of aromatic nitrogens is 2. The van der Waals surface area contributed by atoms with Crippen molar-refractivity contribution in [2.24, 2.45) is 0 Å². The molecule has 0 bridgehead atoms. The lowest BCUT2D eigenvalue weighted by atomic mass is 10.2. The SMILES string of the molecule is CCOc1ccc(CNC(=O)CCn2nc(C)c(S(=O)(=O)N3CCCC3)c2C)cc1. The van der Waals surface area contributed by atoms with Gasteiger partial charge in [-0.25, -0.2) is 8.42 Å². The Morgan fingerprint density at radius 1 is 1.17 bits per heavy atom. The Balaban J connectivity index is 1.57. The van der Waals surface area contributed by atoms with Crippen LogP contribution in [0.2, 0.25) is 0 Å². The average molecular weight is 435 g/mol. The maximum absolute atomic E-state index is 12.9. The number of carbonyl (C=O) groups excluding carboxylic acids is 1. The third-order valence-electron chi connectivity index (χ3n) is 5.25. The minimum atomic E-state index is -3.53. The van der Waals surface area contributed by atoms with E-state index in [4.69, 9.17) is 4.74 Å². The summed E-state index contributed by atoms with van der Waals surface area (Å²) in [6.45, 7) is 7.87. The Labute approximate surface area is 178 Å². The molecule has 0 saturated carbocycles. The van der Waals surface area contributed by atoms with Gasteiger partial charge in [0.2, 0.25) is 15.9 Å². The van der Waals surface area contributed by atoms with Crippen LogP contribution in [0, 0.1) is 13.8 Å². The molecule has 0 spiro atoms. The normalized spacial score (nSPS) is 14.8. The van der Waals surface area contributed by atoms with Crippen molar-refractivity contribution in [3.8, 4) is 5.75 Å². The first-order chi connectivity index (χ1) is 14.3. The predicted molar refractivity (Wildman–Crippen MR) is 114 cm³/mol. The molecule has 164 valence electrons. The molecule has 30 heavy (non-hydrogen) atoms. The zero-order valence-corrected chi connectivity index (χ0v) is 18.7. The van der Waals surface area contributed by atoms with E-state index in [0.29, 0.717) is 44.2 Å². The molecule has 1 aliphatic rings. The van der Waals surface area contributed by atoms with Gasteiger partial charge in [-0.2, -0.15) is 9.40 Å². The number of rotatable bonds is 9. The fraction of sp³-hybridized carbons (Fsp3) is 0.524. The highest BCUT2D eigenvalue weighted by atomic mass is 32.2. The van der Waals surface area contributed by atoms with Crippen LogP contribution in [0.1, 0.15) is 43.1 Å². The van der Waals surface area contributed by atoms with E-state index in [-0.39, 0.29) is 17.2 Å². The van der Waals surface area contributed by atoms with E-state index in [0.717, 1.165) is 24.2 Å². The fourth-order valence-corrected chi connectivity index (χ4v) is 5.59. The number of hydrogen-bond donors (Lipinski definition) is 1. The second-order valence-corrected chi connectivity index (χ2v) is 9.31. The van der Waals surface area contributed by atoms with Gasteiger partial charge in [0.05, 0.1) is 24.5 Å². The van der Waals surface area contributed by atoms with Gasteiger partial charge in [-0.1, -0.05) is 12.1 Å². The molecule has 0 atom stereocenters. The van der Waals surface area contributed by atoms with Crippen molar-refractivity contribution in [3.63, 3.8) is 0 Å². The minimum absolute atomic E-state index is 0.111. The van der Waals surface area contributed by atoms with Crippen LogP contribution in [0.4, 0.5) is 0 Å². The van der Waals surface area contributed by atoms with Gasteiger partial charge in [0.15, 0.2) is 0 Å². The smallest absolute Gasteiger partial charge is 0.246 e. The first kappa shape index (κ1) is 22.3. The summed E-state index contributed by atoms with van der Waals surface area (Å²) in [7, 11) is -3.53. The van der Waals surface area contributed by atoms with E-state index in [1.165, 1.54) is 4.31 Å². The summed E-state index contributed by atoms with van der Waals surface area (Å²) in [4.78, 5) is 12.5. The van der Waals surface area contributed by atoms with Crippen molar-refractivity contribution < 1.29 is 17.9 Å². The van der Waals surface area contributed by atoms with E-state index in [1.807, 2.05) is 31.2 Å². The third kappa shape index (κ3) is 5.02. The molecule has 1 fully saturated rings. The molecule has 0 unspecified atom stereocenters. The Bertz CT molecular complexity index is 977. The minimum Gasteiger partial charge on any atom is -0.494 e. The van der Waals surface area contributed by atoms with Crippen molar-refractivity contribution in [1.82, 2.24) is 19.4 Å². The van der Waals surface area contributed by atoms with Crippen LogP contribution < -0.4 is 10.1 Å². The summed E-state index contributed by atoms with van der Waals surface area (Å²) in [5.74, 6) is 0.692. The number of benzene rings is 1. The summed E-state index contributed by atoms with van der Waals surface area (Å²) >= 11 is 0. The van der Waals surface area contributed by atoms with E-state index in [9.17, 15) is 13.2 Å². The van der Waals surface area contributed by atoms with E-state index in [1.54, 1.807) is 18.5 Å². The van der Waals surface area contributed by atoms with Gasteiger partial charge in [-0.05, 0) is 51.3 Å². The second kappa shape index (κ2) is 9.61. The number of ether oxygens (including phenoxy) is 1. The summed E-state index contributed by atoms with van der Waals surface area (Å²) in [5, 5.41) is 7.27. The number of sulfonamides is 1. The first-order valence-corrected chi connectivity index (χ1v) is 11.8. The number of amides is 1. The van der Waals surface area contributed by atoms with E-state index in [2.05, 4.69) is 10.4 Å². The molecule has 1 N–H and O–H groups in total. The quantitative estimate of drug-likeness (QED) is 0.654. The van der Waals surface area contributed by atoms with Gasteiger partial charge < -0.3 is 10.1 Å². The zero-order valence-electron chi connectivity index (χ0n) is 17.8. The molecule has 1 aromatic heterocycles. The topological polar surface area (TPSA) is 93.5 Å². The Morgan fingerprint density at radius 2 is 1.83 bits per heavy atom. The largest absolute Gasteiger partial charge is 0.494 e. The van der Waals surface area contributed by atoms with Gasteiger partial charge in [0.1, 0.15) is 10.6 Å². The molecular formula is C21H30N4O4S. The Kier molecular flexibility index (Phi) is 7.14. The molecular weight excluding hydrogens is 404 g/mol. The molecule has 1 aliphatic heterocycles. The number of nitrogens with zero attached hydrogens (tertiary/aromatic N) is 3. The molecule has 1 amide bonds. The number of nitrogens with one attached hydrogen (secondary N) is 1. The molecule has 1 aromatic carbocycles. The van der Waals surface area contributed by atoms with Crippen LogP contribution in [-0.4, -0.2) is 48.1 Å². The van der Waals surface area contributed by atoms with Gasteiger partial charge >= 0.3 is 0 Å². The van der Waals surface area contributed by atoms with Crippen LogP contribution in [0.3, 0.4) is 0 Å².